The molecule has 2 aliphatic rings. The third kappa shape index (κ3) is 2.49. The van der Waals surface area contributed by atoms with E-state index in [0.29, 0.717) is 17.8 Å². The molecule has 2 atom stereocenters. The minimum absolute atomic E-state index is 0.0739. The van der Waals surface area contributed by atoms with Gasteiger partial charge in [-0.2, -0.15) is 4.99 Å². The number of halogens is 1. The molecule has 0 saturated carbocycles. The van der Waals surface area contributed by atoms with Crippen molar-refractivity contribution in [3.8, 4) is 0 Å². The van der Waals surface area contributed by atoms with Gasteiger partial charge in [-0.1, -0.05) is 41.0 Å². The predicted octanol–water partition coefficient (Wildman–Crippen LogP) is 1.74. The highest BCUT2D eigenvalue weighted by atomic mass is 79.9. The number of amides is 2. The fourth-order valence-corrected chi connectivity index (χ4v) is 4.20. The lowest BCUT2D eigenvalue weighted by atomic mass is 9.91. The molecule has 2 aliphatic heterocycles. The Morgan fingerprint density at radius 3 is 2.83 bits per heavy atom. The summed E-state index contributed by atoms with van der Waals surface area (Å²) in [4.78, 5) is 30.3. The van der Waals surface area contributed by atoms with E-state index in [0.717, 1.165) is 29.1 Å². The molecule has 0 spiro atoms. The van der Waals surface area contributed by atoms with Crippen molar-refractivity contribution in [2.45, 2.75) is 30.6 Å². The average Bonchev–Trinajstić information content (AvgIpc) is 2.95. The number of nitrogens with zero attached hydrogens (tertiary/aromatic N) is 2. The molecule has 2 heterocycles. The predicted molar refractivity (Wildman–Crippen MR) is 93.3 cm³/mol. The molecule has 3 N–H and O–H groups in total. The zero-order valence-electron chi connectivity index (χ0n) is 12.5. The van der Waals surface area contributed by atoms with Crippen molar-refractivity contribution >= 4 is 50.4 Å². The van der Waals surface area contributed by atoms with Crippen LogP contribution in [-0.4, -0.2) is 33.9 Å². The molecule has 8 heteroatoms. The Bertz CT molecular complexity index is 724. The van der Waals surface area contributed by atoms with Gasteiger partial charge in [0.15, 0.2) is 10.8 Å². The summed E-state index contributed by atoms with van der Waals surface area (Å²) in [5, 5.41) is 10.2. The van der Waals surface area contributed by atoms with Gasteiger partial charge in [0.1, 0.15) is 5.25 Å². The van der Waals surface area contributed by atoms with E-state index in [4.69, 9.17) is 5.73 Å². The molecule has 1 aromatic rings. The van der Waals surface area contributed by atoms with Crippen molar-refractivity contribution in [1.29, 1.82) is 0 Å². The monoisotopic (exact) mass is 397 g/mol. The number of rotatable bonds is 4. The summed E-state index contributed by atoms with van der Waals surface area (Å²) in [6.45, 7) is 2.52. The highest BCUT2D eigenvalue weighted by molar-refractivity contribution is 9.10. The molecule has 0 saturated heterocycles. The van der Waals surface area contributed by atoms with E-state index in [2.05, 4.69) is 20.9 Å². The maximum Gasteiger partial charge on any atom is 0.265 e. The Balaban J connectivity index is 2.09. The second kappa shape index (κ2) is 5.92. The molecule has 2 unspecified atom stereocenters. The van der Waals surface area contributed by atoms with E-state index in [-0.39, 0.29) is 5.17 Å². The number of aliphatic hydroxyl groups is 1. The van der Waals surface area contributed by atoms with E-state index in [1.165, 1.54) is 0 Å². The van der Waals surface area contributed by atoms with E-state index in [1.807, 2.05) is 13.0 Å². The maximum absolute atomic E-state index is 12.9. The number of hydrogen-bond donors (Lipinski definition) is 2. The average molecular weight is 398 g/mol. The minimum atomic E-state index is -1.95. The molecular weight excluding hydrogens is 382 g/mol. The Kier molecular flexibility index (Phi) is 4.24. The molecule has 6 nitrogen and oxygen atoms in total. The van der Waals surface area contributed by atoms with Gasteiger partial charge in [0.05, 0.1) is 5.69 Å². The first-order valence-electron chi connectivity index (χ1n) is 7.28. The molecule has 0 aromatic heterocycles. The number of nitrogens with two attached hydrogens (primary N) is 1. The van der Waals surface area contributed by atoms with Crippen LogP contribution in [0.3, 0.4) is 0 Å². The number of unbranched alkanes of at least 4 members (excludes halogenated alkanes) is 1. The number of carbonyl (C=O) groups is 2. The number of carbonyl (C=O) groups excluding carboxylic acids is 2. The third-order valence-corrected chi connectivity index (χ3v) is 5.63. The Morgan fingerprint density at radius 2 is 2.22 bits per heavy atom. The molecular formula is C15H16BrN3O3S. The van der Waals surface area contributed by atoms with Crippen molar-refractivity contribution in [2.75, 3.05) is 11.4 Å². The standard InChI is InChI=1S/C15H16BrN3O3S/c1-2-3-6-19-10-5-4-8(16)7-9(10)15(22,13(19)21)11-12(20)18-14(17)23-11/h4-5,7,11,22H,2-3,6H2,1H3,(H2,17,18,20). The molecule has 122 valence electrons. The third-order valence-electron chi connectivity index (χ3n) is 4.03. The van der Waals surface area contributed by atoms with Gasteiger partial charge in [0, 0.05) is 16.6 Å². The van der Waals surface area contributed by atoms with Crippen LogP contribution in [-0.2, 0) is 15.2 Å². The van der Waals surface area contributed by atoms with E-state index >= 15 is 0 Å². The SMILES string of the molecule is CCCCN1C(=O)C(O)(C2SC(N)=NC2=O)c2cc(Br)ccc21. The van der Waals surface area contributed by atoms with Crippen LogP contribution in [0.5, 0.6) is 0 Å². The summed E-state index contributed by atoms with van der Waals surface area (Å²) in [6.07, 6.45) is 1.73. The van der Waals surface area contributed by atoms with Crippen molar-refractivity contribution in [3.05, 3.63) is 28.2 Å². The Labute approximate surface area is 146 Å². The summed E-state index contributed by atoms with van der Waals surface area (Å²) < 4.78 is 0.726. The number of benzene rings is 1. The van der Waals surface area contributed by atoms with Gasteiger partial charge in [-0.05, 0) is 24.6 Å². The van der Waals surface area contributed by atoms with Gasteiger partial charge in [-0.25, -0.2) is 0 Å². The minimum Gasteiger partial charge on any atom is -0.378 e. The zero-order chi connectivity index (χ0) is 16.8. The summed E-state index contributed by atoms with van der Waals surface area (Å²) in [7, 11) is 0. The first-order valence-corrected chi connectivity index (χ1v) is 8.96. The van der Waals surface area contributed by atoms with Gasteiger partial charge in [0.25, 0.3) is 11.8 Å². The van der Waals surface area contributed by atoms with Gasteiger partial charge in [-0.3, -0.25) is 9.59 Å². The Morgan fingerprint density at radius 1 is 1.48 bits per heavy atom. The summed E-state index contributed by atoms with van der Waals surface area (Å²) in [6, 6.07) is 5.27. The summed E-state index contributed by atoms with van der Waals surface area (Å²) in [5.41, 5.74) is 4.71. The van der Waals surface area contributed by atoms with Gasteiger partial charge >= 0.3 is 0 Å². The smallest absolute Gasteiger partial charge is 0.265 e. The van der Waals surface area contributed by atoms with Crippen LogP contribution in [0, 0.1) is 0 Å². The summed E-state index contributed by atoms with van der Waals surface area (Å²) in [5.74, 6) is -1.07. The van der Waals surface area contributed by atoms with Crippen LogP contribution in [0.25, 0.3) is 0 Å². The number of amidine groups is 1. The van der Waals surface area contributed by atoms with Crippen molar-refractivity contribution in [1.82, 2.24) is 0 Å². The number of thioether (sulfide) groups is 1. The van der Waals surface area contributed by atoms with E-state index < -0.39 is 22.7 Å². The van der Waals surface area contributed by atoms with Crippen LogP contribution in [0.1, 0.15) is 25.3 Å². The first kappa shape index (κ1) is 16.5. The largest absolute Gasteiger partial charge is 0.378 e. The van der Waals surface area contributed by atoms with Gasteiger partial charge in [-0.15, -0.1) is 0 Å². The molecule has 0 radical (unpaired) electrons. The number of fused-ring (bicyclic) bond motifs is 1. The molecule has 3 rings (SSSR count). The highest BCUT2D eigenvalue weighted by Gasteiger charge is 2.59. The molecule has 0 fully saturated rings. The van der Waals surface area contributed by atoms with Crippen molar-refractivity contribution in [3.63, 3.8) is 0 Å². The van der Waals surface area contributed by atoms with Gasteiger partial charge in [0.2, 0.25) is 0 Å². The second-order valence-corrected chi connectivity index (χ2v) is 7.57. The lowest BCUT2D eigenvalue weighted by molar-refractivity contribution is -0.140. The Hall–Kier alpha value is -1.38. The van der Waals surface area contributed by atoms with Crippen LogP contribution in [0.2, 0.25) is 0 Å². The van der Waals surface area contributed by atoms with Gasteiger partial charge < -0.3 is 15.7 Å². The van der Waals surface area contributed by atoms with Crippen LogP contribution in [0.15, 0.2) is 27.7 Å². The quantitative estimate of drug-likeness (QED) is 0.806. The van der Waals surface area contributed by atoms with Crippen LogP contribution >= 0.6 is 27.7 Å². The van der Waals surface area contributed by atoms with Crippen molar-refractivity contribution in [2.24, 2.45) is 10.7 Å². The van der Waals surface area contributed by atoms with Crippen LogP contribution in [0.4, 0.5) is 5.69 Å². The first-order chi connectivity index (χ1) is 10.9. The molecule has 0 aliphatic carbocycles. The van der Waals surface area contributed by atoms with Crippen molar-refractivity contribution < 1.29 is 14.7 Å². The second-order valence-electron chi connectivity index (χ2n) is 5.52. The number of anilines is 1. The summed E-state index contributed by atoms with van der Waals surface area (Å²) >= 11 is 4.29. The normalized spacial score (nSPS) is 26.7. The number of aliphatic imine (C=N–C) groups is 1. The molecule has 0 bridgehead atoms. The lowest BCUT2D eigenvalue weighted by Gasteiger charge is -2.26. The molecule has 1 aromatic carbocycles. The molecule has 2 amide bonds. The fourth-order valence-electron chi connectivity index (χ4n) is 2.90. The fraction of sp³-hybridized carbons (Fsp3) is 0.400. The van der Waals surface area contributed by atoms with E-state index in [1.54, 1.807) is 17.0 Å². The zero-order valence-corrected chi connectivity index (χ0v) is 14.9. The topological polar surface area (TPSA) is 96.0 Å². The lowest BCUT2D eigenvalue weighted by Crippen LogP contribution is -2.49. The van der Waals surface area contributed by atoms with Crippen LogP contribution < -0.4 is 10.6 Å². The maximum atomic E-state index is 12.9. The molecule has 23 heavy (non-hydrogen) atoms. The highest BCUT2D eigenvalue weighted by Crippen LogP contribution is 2.48. The number of hydrogen-bond acceptors (Lipinski definition) is 5. The van der Waals surface area contributed by atoms with E-state index in [9.17, 15) is 14.7 Å².